The lowest BCUT2D eigenvalue weighted by atomic mass is 9.87. The van der Waals surface area contributed by atoms with Gasteiger partial charge in [0.15, 0.2) is 0 Å². The Morgan fingerprint density at radius 3 is 2.58 bits per heavy atom. The molecular formula is C28H37N7O. The van der Waals surface area contributed by atoms with Crippen molar-refractivity contribution in [3.05, 3.63) is 71.7 Å². The molecule has 1 aromatic carbocycles. The number of hydrogen-bond acceptors (Lipinski definition) is 7. The summed E-state index contributed by atoms with van der Waals surface area (Å²) in [6.45, 7) is 8.95. The Kier molecular flexibility index (Phi) is 8.15. The molecule has 0 saturated carbocycles. The fraction of sp³-hybridized carbons (Fsp3) is 0.429. The van der Waals surface area contributed by atoms with Gasteiger partial charge < -0.3 is 20.9 Å². The second kappa shape index (κ2) is 11.5. The first-order chi connectivity index (χ1) is 17.3. The van der Waals surface area contributed by atoms with E-state index in [0.717, 1.165) is 24.3 Å². The minimum Gasteiger partial charge on any atom is -0.364 e. The van der Waals surface area contributed by atoms with E-state index in [1.54, 1.807) is 24.5 Å². The number of carbonyl (C=O) groups is 1. The smallest absolute Gasteiger partial charge is 0.259 e. The largest absolute Gasteiger partial charge is 0.364 e. The van der Waals surface area contributed by atoms with Crippen LogP contribution in [0.25, 0.3) is 0 Å². The summed E-state index contributed by atoms with van der Waals surface area (Å²) in [6.07, 6.45) is 7.03. The molecule has 2 aromatic heterocycles. The van der Waals surface area contributed by atoms with E-state index in [1.165, 1.54) is 24.9 Å². The van der Waals surface area contributed by atoms with E-state index in [4.69, 9.17) is 0 Å². The van der Waals surface area contributed by atoms with Gasteiger partial charge in [0.05, 0.1) is 17.8 Å². The van der Waals surface area contributed by atoms with Crippen molar-refractivity contribution in [3.63, 3.8) is 0 Å². The molecule has 1 saturated heterocycles. The number of amides is 1. The summed E-state index contributed by atoms with van der Waals surface area (Å²) in [4.78, 5) is 28.8. The van der Waals surface area contributed by atoms with Crippen molar-refractivity contribution in [2.24, 2.45) is 0 Å². The van der Waals surface area contributed by atoms with Gasteiger partial charge in [-0.15, -0.1) is 0 Å². The van der Waals surface area contributed by atoms with Crippen LogP contribution in [0.2, 0.25) is 0 Å². The topological polar surface area (TPSA) is 95.1 Å². The first kappa shape index (κ1) is 25.6. The van der Waals surface area contributed by atoms with Crippen molar-refractivity contribution in [1.29, 1.82) is 0 Å². The van der Waals surface area contributed by atoms with Gasteiger partial charge >= 0.3 is 0 Å². The second-order valence-electron chi connectivity index (χ2n) is 10.4. The average Bonchev–Trinajstić information content (AvgIpc) is 3.27. The standard InChI is InChI=1S/C28H37N7O/c1-28(2,3)20-9-11-21(12-10-20)33-26(36)24-8-5-15-29-25(24)32-19-22-13-16-30-27(34-22)31-17-14-23-7-6-18-35(23)4/h5,8-13,15-16,23H,6-7,14,17-19H2,1-4H3,(H,29,32)(H,33,36)(H,30,31,34). The third-order valence-corrected chi connectivity index (χ3v) is 6.64. The molecule has 8 heteroatoms. The fourth-order valence-corrected chi connectivity index (χ4v) is 4.43. The maximum atomic E-state index is 13.0. The molecule has 0 radical (unpaired) electrons. The predicted molar refractivity (Wildman–Crippen MR) is 145 cm³/mol. The Bertz CT molecular complexity index is 1160. The van der Waals surface area contributed by atoms with Crippen LogP contribution in [0.4, 0.5) is 17.5 Å². The summed E-state index contributed by atoms with van der Waals surface area (Å²) >= 11 is 0. The summed E-state index contributed by atoms with van der Waals surface area (Å²) in [5.41, 5.74) is 3.32. The van der Waals surface area contributed by atoms with Crippen LogP contribution >= 0.6 is 0 Å². The summed E-state index contributed by atoms with van der Waals surface area (Å²) in [5.74, 6) is 0.919. The zero-order chi connectivity index (χ0) is 25.5. The van der Waals surface area contributed by atoms with E-state index >= 15 is 0 Å². The minimum absolute atomic E-state index is 0.0615. The van der Waals surface area contributed by atoms with Gasteiger partial charge in [0.2, 0.25) is 5.95 Å². The minimum atomic E-state index is -0.212. The van der Waals surface area contributed by atoms with Gasteiger partial charge in [-0.05, 0) is 74.2 Å². The Balaban J connectivity index is 1.34. The van der Waals surface area contributed by atoms with Crippen molar-refractivity contribution in [3.8, 4) is 0 Å². The van der Waals surface area contributed by atoms with Gasteiger partial charge in [-0.25, -0.2) is 15.0 Å². The van der Waals surface area contributed by atoms with Gasteiger partial charge in [0.25, 0.3) is 5.91 Å². The molecule has 0 aliphatic carbocycles. The third-order valence-electron chi connectivity index (χ3n) is 6.64. The SMILES string of the molecule is CN1CCCC1CCNc1nccc(CNc2ncccc2C(=O)Nc2ccc(C(C)(C)C)cc2)n1. The first-order valence-electron chi connectivity index (χ1n) is 12.7. The van der Waals surface area contributed by atoms with Crippen molar-refractivity contribution >= 4 is 23.4 Å². The molecule has 3 N–H and O–H groups in total. The molecule has 1 aliphatic heterocycles. The summed E-state index contributed by atoms with van der Waals surface area (Å²) < 4.78 is 0. The maximum absolute atomic E-state index is 13.0. The van der Waals surface area contributed by atoms with Gasteiger partial charge in [-0.2, -0.15) is 0 Å². The van der Waals surface area contributed by atoms with Crippen LogP contribution in [0, 0.1) is 0 Å². The van der Waals surface area contributed by atoms with E-state index in [-0.39, 0.29) is 11.3 Å². The lowest BCUT2D eigenvalue weighted by molar-refractivity contribution is 0.102. The van der Waals surface area contributed by atoms with Crippen LogP contribution in [0.15, 0.2) is 54.9 Å². The summed E-state index contributed by atoms with van der Waals surface area (Å²) in [5, 5.41) is 9.58. The predicted octanol–water partition coefficient (Wildman–Crippen LogP) is 4.93. The Morgan fingerprint density at radius 2 is 1.86 bits per heavy atom. The number of aromatic nitrogens is 3. The van der Waals surface area contributed by atoms with Gasteiger partial charge in [0, 0.05) is 30.7 Å². The van der Waals surface area contributed by atoms with Gasteiger partial charge in [-0.3, -0.25) is 4.79 Å². The molecule has 190 valence electrons. The molecule has 1 atom stereocenters. The molecule has 0 bridgehead atoms. The average molecular weight is 488 g/mol. The highest BCUT2D eigenvalue weighted by molar-refractivity contribution is 6.07. The van der Waals surface area contributed by atoms with Crippen LogP contribution in [0.1, 0.15) is 61.6 Å². The molecule has 36 heavy (non-hydrogen) atoms. The molecule has 3 heterocycles. The molecule has 1 unspecified atom stereocenters. The molecule has 3 aromatic rings. The third kappa shape index (κ3) is 6.79. The van der Waals surface area contributed by atoms with Crippen LogP contribution in [-0.4, -0.2) is 51.9 Å². The van der Waals surface area contributed by atoms with E-state index in [1.807, 2.05) is 30.3 Å². The number of anilines is 3. The summed E-state index contributed by atoms with van der Waals surface area (Å²) in [6, 6.07) is 14.0. The molecule has 4 rings (SSSR count). The van der Waals surface area contributed by atoms with Crippen molar-refractivity contribution in [2.75, 3.05) is 36.1 Å². The number of likely N-dealkylation sites (tertiary alicyclic amines) is 1. The lowest BCUT2D eigenvalue weighted by Gasteiger charge is -2.19. The van der Waals surface area contributed by atoms with E-state index in [0.29, 0.717) is 29.9 Å². The number of hydrogen-bond donors (Lipinski definition) is 3. The Hall–Kier alpha value is -3.52. The molecular weight excluding hydrogens is 450 g/mol. The monoisotopic (exact) mass is 487 g/mol. The maximum Gasteiger partial charge on any atom is 0.259 e. The summed E-state index contributed by atoms with van der Waals surface area (Å²) in [7, 11) is 2.19. The fourth-order valence-electron chi connectivity index (χ4n) is 4.43. The van der Waals surface area contributed by atoms with Gasteiger partial charge in [-0.1, -0.05) is 32.9 Å². The van der Waals surface area contributed by atoms with Crippen molar-refractivity contribution < 1.29 is 4.79 Å². The van der Waals surface area contributed by atoms with Crippen molar-refractivity contribution in [2.45, 2.75) is 58.0 Å². The number of pyridine rings is 1. The Labute approximate surface area is 214 Å². The van der Waals surface area contributed by atoms with Gasteiger partial charge in [0.1, 0.15) is 5.82 Å². The van der Waals surface area contributed by atoms with Crippen LogP contribution in [-0.2, 0) is 12.0 Å². The number of rotatable bonds is 9. The van der Waals surface area contributed by atoms with Crippen LogP contribution < -0.4 is 16.0 Å². The molecule has 1 fully saturated rings. The highest BCUT2D eigenvalue weighted by Crippen LogP contribution is 2.24. The molecule has 1 amide bonds. The number of benzene rings is 1. The normalized spacial score (nSPS) is 16.1. The zero-order valence-corrected chi connectivity index (χ0v) is 21.7. The number of carbonyl (C=O) groups excluding carboxylic acids is 1. The zero-order valence-electron chi connectivity index (χ0n) is 21.7. The molecule has 1 aliphatic rings. The van der Waals surface area contributed by atoms with E-state index in [9.17, 15) is 4.79 Å². The Morgan fingerprint density at radius 1 is 1.06 bits per heavy atom. The number of nitrogens with zero attached hydrogens (tertiary/aromatic N) is 4. The van der Waals surface area contributed by atoms with E-state index in [2.05, 4.69) is 63.6 Å². The quantitative estimate of drug-likeness (QED) is 0.394. The van der Waals surface area contributed by atoms with Crippen LogP contribution in [0.3, 0.4) is 0 Å². The van der Waals surface area contributed by atoms with Crippen LogP contribution in [0.5, 0.6) is 0 Å². The lowest BCUT2D eigenvalue weighted by Crippen LogP contribution is -2.27. The highest BCUT2D eigenvalue weighted by atomic mass is 16.1. The van der Waals surface area contributed by atoms with E-state index < -0.39 is 0 Å². The second-order valence-corrected chi connectivity index (χ2v) is 10.4. The molecule has 0 spiro atoms. The number of nitrogens with one attached hydrogen (secondary N) is 3. The highest BCUT2D eigenvalue weighted by Gasteiger charge is 2.20. The van der Waals surface area contributed by atoms with Crippen molar-refractivity contribution in [1.82, 2.24) is 19.9 Å². The first-order valence-corrected chi connectivity index (χ1v) is 12.7. The molecule has 8 nitrogen and oxygen atoms in total.